The number of hydrogen-bond acceptors (Lipinski definition) is 11. The molecule has 12 heteroatoms. The Balaban J connectivity index is 1.48. The van der Waals surface area contributed by atoms with Gasteiger partial charge in [-0.15, -0.1) is 0 Å². The molecule has 1 aliphatic heterocycles. The Morgan fingerprint density at radius 2 is 1.71 bits per heavy atom. The number of carbonyl (C=O) groups is 1. The first kappa shape index (κ1) is 37.5. The second-order valence-corrected chi connectivity index (χ2v) is 12.7. The predicted molar refractivity (Wildman–Crippen MR) is 193 cm³/mol. The van der Waals surface area contributed by atoms with Crippen molar-refractivity contribution in [2.45, 2.75) is 52.5 Å². The van der Waals surface area contributed by atoms with Gasteiger partial charge in [0, 0.05) is 56.7 Å². The molecule has 2 heterocycles. The average molecular weight is 679 g/mol. The van der Waals surface area contributed by atoms with Crippen LogP contribution in [0.3, 0.4) is 0 Å². The number of nitrogens with one attached hydrogen (secondary N) is 1. The summed E-state index contributed by atoms with van der Waals surface area (Å²) in [5, 5.41) is 3.26. The summed E-state index contributed by atoms with van der Waals surface area (Å²) in [6, 6.07) is 12.9. The Morgan fingerprint density at radius 3 is 2.45 bits per heavy atom. The molecular weight excluding hydrogens is 624 g/mol. The van der Waals surface area contributed by atoms with Crippen molar-refractivity contribution in [1.29, 1.82) is 0 Å². The van der Waals surface area contributed by atoms with Gasteiger partial charge in [-0.1, -0.05) is 45.2 Å². The number of benzene rings is 2. The monoisotopic (exact) mass is 678 g/mol. The average Bonchev–Trinajstić information content (AvgIpc) is 3.11. The maximum atomic E-state index is 13.5. The lowest BCUT2D eigenvalue weighted by Gasteiger charge is -2.32. The van der Waals surface area contributed by atoms with Gasteiger partial charge in [0.25, 0.3) is 0 Å². The van der Waals surface area contributed by atoms with Gasteiger partial charge in [0.05, 0.1) is 41.1 Å². The maximum Gasteiger partial charge on any atom is 0.415 e. The summed E-state index contributed by atoms with van der Waals surface area (Å²) >= 11 is 0. The van der Waals surface area contributed by atoms with Gasteiger partial charge >= 0.3 is 6.09 Å². The molecule has 0 radical (unpaired) electrons. The van der Waals surface area contributed by atoms with E-state index in [1.54, 1.807) is 39.7 Å². The number of ether oxygens (including phenoxy) is 5. The first-order valence-corrected chi connectivity index (χ1v) is 17.3. The fourth-order valence-electron chi connectivity index (χ4n) is 5.60. The summed E-state index contributed by atoms with van der Waals surface area (Å²) in [6.07, 6.45) is 6.11. The highest BCUT2D eigenvalue weighted by Crippen LogP contribution is 2.41. The maximum absolute atomic E-state index is 13.5. The molecule has 49 heavy (non-hydrogen) atoms. The fourth-order valence-corrected chi connectivity index (χ4v) is 5.60. The fraction of sp³-hybridized carbons (Fsp3) is 0.541. The zero-order valence-corrected chi connectivity index (χ0v) is 30.1. The number of rotatable bonds is 19. The van der Waals surface area contributed by atoms with E-state index in [0.29, 0.717) is 59.6 Å². The molecule has 4 rings (SSSR count). The zero-order valence-electron chi connectivity index (χ0n) is 30.1. The van der Waals surface area contributed by atoms with Gasteiger partial charge in [-0.25, -0.2) is 9.78 Å². The molecule has 268 valence electrons. The normalized spacial score (nSPS) is 13.6. The zero-order chi connectivity index (χ0) is 35.0. The van der Waals surface area contributed by atoms with Crippen LogP contribution in [0.1, 0.15) is 51.5 Å². The van der Waals surface area contributed by atoms with Crippen LogP contribution in [0.2, 0.25) is 0 Å². The molecule has 1 aromatic heterocycles. The Labute approximate surface area is 291 Å². The Kier molecular flexibility index (Phi) is 15.0. The molecule has 1 N–H and O–H groups in total. The number of aromatic nitrogens is 2. The summed E-state index contributed by atoms with van der Waals surface area (Å²) in [5.41, 5.74) is 1.52. The number of amides is 1. The third-order valence-electron chi connectivity index (χ3n) is 8.44. The lowest BCUT2D eigenvalue weighted by molar-refractivity contribution is 0.145. The van der Waals surface area contributed by atoms with Gasteiger partial charge < -0.3 is 38.8 Å². The molecule has 2 aromatic carbocycles. The largest absolute Gasteiger partial charge is 0.497 e. The predicted octanol–water partition coefficient (Wildman–Crippen LogP) is 6.62. The molecule has 1 saturated heterocycles. The van der Waals surface area contributed by atoms with Crippen LogP contribution in [0.25, 0.3) is 0 Å². The van der Waals surface area contributed by atoms with Gasteiger partial charge in [-0.05, 0) is 49.6 Å². The van der Waals surface area contributed by atoms with Crippen LogP contribution in [-0.2, 0) is 11.3 Å². The quantitative estimate of drug-likeness (QED) is 0.138. The molecular formula is C37H54N6O6. The van der Waals surface area contributed by atoms with Gasteiger partial charge in [0.2, 0.25) is 11.7 Å². The summed E-state index contributed by atoms with van der Waals surface area (Å²) in [5.74, 6) is 3.63. The Morgan fingerprint density at radius 1 is 0.918 bits per heavy atom. The van der Waals surface area contributed by atoms with Crippen molar-refractivity contribution in [3.63, 3.8) is 0 Å². The molecule has 0 bridgehead atoms. The van der Waals surface area contributed by atoms with Crippen molar-refractivity contribution < 1.29 is 28.5 Å². The molecule has 3 aromatic rings. The topological polar surface area (TPSA) is 111 Å². The van der Waals surface area contributed by atoms with Crippen LogP contribution < -0.4 is 29.2 Å². The Hall–Kier alpha value is -4.29. The highest BCUT2D eigenvalue weighted by atomic mass is 16.6. The van der Waals surface area contributed by atoms with Crippen LogP contribution in [0.15, 0.2) is 48.7 Å². The first-order chi connectivity index (χ1) is 23.8. The number of nitrogens with zero attached hydrogens (tertiary/aromatic N) is 5. The van der Waals surface area contributed by atoms with Crippen LogP contribution >= 0.6 is 0 Å². The smallest absolute Gasteiger partial charge is 0.415 e. The summed E-state index contributed by atoms with van der Waals surface area (Å²) < 4.78 is 28.7. The van der Waals surface area contributed by atoms with Crippen molar-refractivity contribution in [1.82, 2.24) is 19.8 Å². The van der Waals surface area contributed by atoms with Crippen LogP contribution in [0, 0.1) is 5.92 Å². The molecule has 0 unspecified atom stereocenters. The number of unbranched alkanes of at least 4 members (excludes halogenated alkanes) is 2. The molecule has 1 aliphatic rings. The Bertz CT molecular complexity index is 1450. The van der Waals surface area contributed by atoms with Crippen molar-refractivity contribution in [3.8, 4) is 23.0 Å². The minimum atomic E-state index is -0.477. The van der Waals surface area contributed by atoms with Gasteiger partial charge in [-0.2, -0.15) is 4.98 Å². The lowest BCUT2D eigenvalue weighted by atomic mass is 10.1. The van der Waals surface area contributed by atoms with Gasteiger partial charge in [-0.3, -0.25) is 4.90 Å². The third-order valence-corrected chi connectivity index (χ3v) is 8.44. The summed E-state index contributed by atoms with van der Waals surface area (Å²) in [6.45, 7) is 10.8. The van der Waals surface area contributed by atoms with Crippen molar-refractivity contribution in [2.75, 3.05) is 84.5 Å². The molecule has 1 fully saturated rings. The van der Waals surface area contributed by atoms with Crippen LogP contribution in [0.5, 0.6) is 23.0 Å². The van der Waals surface area contributed by atoms with E-state index in [1.165, 1.54) is 4.90 Å². The highest BCUT2D eigenvalue weighted by molar-refractivity contribution is 5.86. The number of likely N-dealkylation sites (N-methyl/N-ethyl adjacent to an activating group) is 1. The summed E-state index contributed by atoms with van der Waals surface area (Å²) in [7, 11) is 6.96. The second-order valence-electron chi connectivity index (χ2n) is 12.7. The number of methoxy groups -OCH3 is 3. The standard InChI is InChI=1S/C37H54N6O6/c1-28(2)12-8-7-9-22-49-37(44)43(27-29-13-10-14-31(24-29)45-4)34-15-16-38-36(40-34)39-30-25-32(46-5)35(47-6)33(26-30)48-23-11-17-42-20-18-41(3)19-21-42/h10,13-16,24-26,28H,7-9,11-12,17-23,27H2,1-6H3,(H,38,39,40). The first-order valence-electron chi connectivity index (χ1n) is 17.3. The molecule has 0 saturated carbocycles. The second kappa shape index (κ2) is 19.6. The van der Waals surface area contributed by atoms with Gasteiger partial charge in [0.15, 0.2) is 11.5 Å². The van der Waals surface area contributed by atoms with Crippen molar-refractivity contribution >= 4 is 23.5 Å². The van der Waals surface area contributed by atoms with Crippen LogP contribution in [0.4, 0.5) is 22.2 Å². The van der Waals surface area contributed by atoms with E-state index in [2.05, 4.69) is 41.0 Å². The number of piperazine rings is 1. The molecule has 0 aliphatic carbocycles. The van der Waals surface area contributed by atoms with E-state index < -0.39 is 6.09 Å². The molecule has 1 amide bonds. The van der Waals surface area contributed by atoms with Crippen molar-refractivity contribution in [3.05, 3.63) is 54.2 Å². The summed E-state index contributed by atoms with van der Waals surface area (Å²) in [4.78, 5) is 29.0. The molecule has 0 atom stereocenters. The van der Waals surface area contributed by atoms with E-state index in [-0.39, 0.29) is 6.54 Å². The van der Waals surface area contributed by atoms with E-state index in [4.69, 9.17) is 28.7 Å². The minimum Gasteiger partial charge on any atom is -0.497 e. The van der Waals surface area contributed by atoms with E-state index in [1.807, 2.05) is 30.3 Å². The van der Waals surface area contributed by atoms with Crippen LogP contribution in [-0.4, -0.2) is 100 Å². The van der Waals surface area contributed by atoms with E-state index >= 15 is 0 Å². The lowest BCUT2D eigenvalue weighted by Crippen LogP contribution is -2.44. The molecule has 0 spiro atoms. The van der Waals surface area contributed by atoms with Gasteiger partial charge in [0.1, 0.15) is 11.6 Å². The minimum absolute atomic E-state index is 0.238. The highest BCUT2D eigenvalue weighted by Gasteiger charge is 2.21. The van der Waals surface area contributed by atoms with Crippen molar-refractivity contribution in [2.24, 2.45) is 5.92 Å². The SMILES string of the molecule is COc1cccc(CN(C(=O)OCCCCCC(C)C)c2ccnc(Nc3cc(OC)c(OC)c(OCCCN4CCN(C)CC4)c3)n2)c1. The van der Waals surface area contributed by atoms with E-state index in [9.17, 15) is 4.79 Å². The number of anilines is 3. The molecule has 12 nitrogen and oxygen atoms in total. The van der Waals surface area contributed by atoms with E-state index in [0.717, 1.165) is 70.4 Å². The number of hydrogen-bond donors (Lipinski definition) is 1. The number of carbonyl (C=O) groups excluding carboxylic acids is 1. The third kappa shape index (κ3) is 12.0.